The second-order valence-corrected chi connectivity index (χ2v) is 7.00. The Morgan fingerprint density at radius 3 is 2.57 bits per heavy atom. The van der Waals surface area contributed by atoms with Gasteiger partial charge in [0.2, 0.25) is 0 Å². The summed E-state index contributed by atoms with van der Waals surface area (Å²) in [6.45, 7) is 5.25. The van der Waals surface area contributed by atoms with Crippen LogP contribution in [0.3, 0.4) is 0 Å². The number of hydrazine groups is 1. The Bertz CT molecular complexity index is 513. The van der Waals surface area contributed by atoms with Crippen LogP contribution in [-0.2, 0) is 0 Å². The molecule has 3 rings (SSSR count). The van der Waals surface area contributed by atoms with Crippen LogP contribution in [0.4, 0.5) is 0 Å². The zero-order valence-corrected chi connectivity index (χ0v) is 14.0. The molecule has 0 aliphatic carbocycles. The number of benzene rings is 1. The molecule has 0 bridgehead atoms. The highest BCUT2D eigenvalue weighted by Crippen LogP contribution is 2.40. The van der Waals surface area contributed by atoms with Gasteiger partial charge < -0.3 is 4.74 Å². The minimum Gasteiger partial charge on any atom is -0.492 e. The number of hydrogen-bond donors (Lipinski definition) is 1. The van der Waals surface area contributed by atoms with Crippen LogP contribution in [0.2, 0.25) is 10.0 Å². The zero-order chi connectivity index (χ0) is 15.0. The molecule has 1 aromatic carbocycles. The summed E-state index contributed by atoms with van der Waals surface area (Å²) in [5.74, 6) is 0.780. The lowest BCUT2D eigenvalue weighted by Gasteiger charge is -2.42. The largest absolute Gasteiger partial charge is 0.492 e. The van der Waals surface area contributed by atoms with Crippen molar-refractivity contribution >= 4 is 23.2 Å². The maximum Gasteiger partial charge on any atom is 0.142 e. The van der Waals surface area contributed by atoms with Crippen LogP contribution >= 0.6 is 23.2 Å². The van der Waals surface area contributed by atoms with Gasteiger partial charge in [-0.1, -0.05) is 29.6 Å². The third-order valence-electron chi connectivity index (χ3n) is 4.56. The summed E-state index contributed by atoms with van der Waals surface area (Å²) in [4.78, 5) is 0. The van der Waals surface area contributed by atoms with E-state index in [9.17, 15) is 0 Å². The van der Waals surface area contributed by atoms with Crippen molar-refractivity contribution in [2.24, 2.45) is 0 Å². The SMILES string of the molecule is CC1CCCC(C)N1NC1CCOc2c(Cl)cc(Cl)cc21. The fourth-order valence-electron chi connectivity index (χ4n) is 3.42. The van der Waals surface area contributed by atoms with Gasteiger partial charge in [0.25, 0.3) is 0 Å². The molecule has 2 heterocycles. The van der Waals surface area contributed by atoms with Crippen molar-refractivity contribution in [2.75, 3.05) is 6.61 Å². The third kappa shape index (κ3) is 3.16. The predicted molar refractivity (Wildman–Crippen MR) is 87.1 cm³/mol. The van der Waals surface area contributed by atoms with Gasteiger partial charge in [-0.2, -0.15) is 0 Å². The number of ether oxygens (including phenoxy) is 1. The van der Waals surface area contributed by atoms with Gasteiger partial charge in [-0.3, -0.25) is 0 Å². The third-order valence-corrected chi connectivity index (χ3v) is 5.06. The average Bonchev–Trinajstić information content (AvgIpc) is 2.43. The number of nitrogens with zero attached hydrogens (tertiary/aromatic N) is 1. The topological polar surface area (TPSA) is 24.5 Å². The summed E-state index contributed by atoms with van der Waals surface area (Å²) < 4.78 is 5.73. The lowest BCUT2D eigenvalue weighted by molar-refractivity contribution is 0.0216. The van der Waals surface area contributed by atoms with Gasteiger partial charge in [-0.25, -0.2) is 10.4 Å². The Morgan fingerprint density at radius 2 is 1.86 bits per heavy atom. The van der Waals surface area contributed by atoms with E-state index < -0.39 is 0 Å². The Kier molecular flexibility index (Phi) is 4.65. The van der Waals surface area contributed by atoms with Gasteiger partial charge in [0.1, 0.15) is 5.75 Å². The highest BCUT2D eigenvalue weighted by atomic mass is 35.5. The van der Waals surface area contributed by atoms with Gasteiger partial charge in [0, 0.05) is 29.1 Å². The molecule has 3 unspecified atom stereocenters. The summed E-state index contributed by atoms with van der Waals surface area (Å²) >= 11 is 12.4. The van der Waals surface area contributed by atoms with Gasteiger partial charge in [0.05, 0.1) is 17.7 Å². The molecule has 5 heteroatoms. The van der Waals surface area contributed by atoms with E-state index in [-0.39, 0.29) is 6.04 Å². The molecule has 116 valence electrons. The van der Waals surface area contributed by atoms with E-state index in [0.29, 0.717) is 28.7 Å². The fraction of sp³-hybridized carbons (Fsp3) is 0.625. The van der Waals surface area contributed by atoms with Crippen molar-refractivity contribution < 1.29 is 4.74 Å². The number of piperidine rings is 1. The molecule has 3 atom stereocenters. The molecule has 0 amide bonds. The van der Waals surface area contributed by atoms with Crippen molar-refractivity contribution in [3.8, 4) is 5.75 Å². The predicted octanol–water partition coefficient (Wildman–Crippen LogP) is 4.58. The maximum absolute atomic E-state index is 6.26. The molecule has 0 saturated carbocycles. The van der Waals surface area contributed by atoms with E-state index in [1.54, 1.807) is 6.07 Å². The summed E-state index contributed by atoms with van der Waals surface area (Å²) in [7, 11) is 0. The van der Waals surface area contributed by atoms with Crippen molar-refractivity contribution in [2.45, 2.75) is 57.7 Å². The molecular formula is C16H22Cl2N2O. The van der Waals surface area contributed by atoms with Gasteiger partial charge in [0.15, 0.2) is 0 Å². The fourth-order valence-corrected chi connectivity index (χ4v) is 3.98. The molecule has 1 aromatic rings. The normalized spacial score (nSPS) is 29.8. The lowest BCUT2D eigenvalue weighted by Crippen LogP contribution is -2.53. The summed E-state index contributed by atoms with van der Waals surface area (Å²) in [5, 5.41) is 3.66. The van der Waals surface area contributed by atoms with Gasteiger partial charge >= 0.3 is 0 Å². The summed E-state index contributed by atoms with van der Waals surface area (Å²) in [6, 6.07) is 5.03. The first-order valence-corrected chi connectivity index (χ1v) is 8.48. The smallest absolute Gasteiger partial charge is 0.142 e. The number of hydrogen-bond acceptors (Lipinski definition) is 3. The Balaban J connectivity index is 1.85. The number of halogens is 2. The van der Waals surface area contributed by atoms with E-state index in [0.717, 1.165) is 17.7 Å². The van der Waals surface area contributed by atoms with E-state index in [2.05, 4.69) is 24.3 Å². The van der Waals surface area contributed by atoms with E-state index in [1.165, 1.54) is 19.3 Å². The highest BCUT2D eigenvalue weighted by Gasteiger charge is 2.30. The molecule has 21 heavy (non-hydrogen) atoms. The Morgan fingerprint density at radius 1 is 1.14 bits per heavy atom. The van der Waals surface area contributed by atoms with Crippen molar-refractivity contribution in [1.82, 2.24) is 10.4 Å². The number of nitrogens with one attached hydrogen (secondary N) is 1. The molecule has 0 aromatic heterocycles. The molecule has 0 radical (unpaired) electrons. The molecule has 2 aliphatic rings. The Labute approximate surface area is 136 Å². The first-order valence-electron chi connectivity index (χ1n) is 7.72. The molecule has 3 nitrogen and oxygen atoms in total. The highest BCUT2D eigenvalue weighted by molar-refractivity contribution is 6.35. The van der Waals surface area contributed by atoms with Gasteiger partial charge in [-0.05, 0) is 38.8 Å². The number of rotatable bonds is 2. The van der Waals surface area contributed by atoms with E-state index in [1.807, 2.05) is 6.07 Å². The second kappa shape index (κ2) is 6.33. The minimum absolute atomic E-state index is 0.216. The quantitative estimate of drug-likeness (QED) is 0.859. The standard InChI is InChI=1S/C16H22Cl2N2O/c1-10-4-3-5-11(2)20(10)19-15-6-7-21-16-13(15)8-12(17)9-14(16)18/h8-11,15,19H,3-7H2,1-2H3. The van der Waals surface area contributed by atoms with Crippen LogP contribution in [0, 0.1) is 0 Å². The van der Waals surface area contributed by atoms with Crippen LogP contribution in [-0.4, -0.2) is 23.7 Å². The second-order valence-electron chi connectivity index (χ2n) is 6.16. The molecular weight excluding hydrogens is 307 g/mol. The molecule has 1 fully saturated rings. The first-order chi connectivity index (χ1) is 10.1. The van der Waals surface area contributed by atoms with Gasteiger partial charge in [-0.15, -0.1) is 0 Å². The van der Waals surface area contributed by atoms with Crippen LogP contribution in [0.5, 0.6) is 5.75 Å². The van der Waals surface area contributed by atoms with E-state index >= 15 is 0 Å². The van der Waals surface area contributed by atoms with E-state index in [4.69, 9.17) is 27.9 Å². The zero-order valence-electron chi connectivity index (χ0n) is 12.5. The molecule has 2 aliphatic heterocycles. The van der Waals surface area contributed by atoms with Crippen LogP contribution in [0.1, 0.15) is 51.1 Å². The molecule has 0 spiro atoms. The Hall–Kier alpha value is -0.480. The van der Waals surface area contributed by atoms with Crippen LogP contribution in [0.25, 0.3) is 0 Å². The molecule has 1 N–H and O–H groups in total. The number of fused-ring (bicyclic) bond motifs is 1. The summed E-state index contributed by atoms with van der Waals surface area (Å²) in [6.07, 6.45) is 4.72. The van der Waals surface area contributed by atoms with Crippen molar-refractivity contribution in [3.63, 3.8) is 0 Å². The van der Waals surface area contributed by atoms with Crippen molar-refractivity contribution in [1.29, 1.82) is 0 Å². The summed E-state index contributed by atoms with van der Waals surface area (Å²) in [5.41, 5.74) is 4.78. The first kappa shape index (κ1) is 15.4. The lowest BCUT2D eigenvalue weighted by atomic mass is 9.98. The minimum atomic E-state index is 0.216. The van der Waals surface area contributed by atoms with Crippen LogP contribution in [0.15, 0.2) is 12.1 Å². The monoisotopic (exact) mass is 328 g/mol. The maximum atomic E-state index is 6.26. The van der Waals surface area contributed by atoms with Crippen LogP contribution < -0.4 is 10.2 Å². The molecule has 1 saturated heterocycles. The average molecular weight is 329 g/mol. The van der Waals surface area contributed by atoms with Crippen molar-refractivity contribution in [3.05, 3.63) is 27.7 Å².